The van der Waals surface area contributed by atoms with Gasteiger partial charge in [-0.3, -0.25) is 4.79 Å². The maximum atomic E-state index is 12.4. The van der Waals surface area contributed by atoms with E-state index in [9.17, 15) is 4.79 Å². The fourth-order valence-corrected chi connectivity index (χ4v) is 3.85. The number of piperidine rings is 1. The van der Waals surface area contributed by atoms with Crippen LogP contribution in [0.4, 0.5) is 0 Å². The lowest BCUT2D eigenvalue weighted by Gasteiger charge is -2.33. The Hall–Kier alpha value is -0.220. The molecule has 0 spiro atoms. The van der Waals surface area contributed by atoms with Crippen molar-refractivity contribution in [2.24, 2.45) is 0 Å². The van der Waals surface area contributed by atoms with Crippen molar-refractivity contribution in [3.8, 4) is 0 Å². The number of likely N-dealkylation sites (N-methyl/N-ethyl adjacent to an activating group) is 1. The largest absolute Gasteiger partial charge is 0.338 e. The molecule has 92 valence electrons. The second-order valence-corrected chi connectivity index (χ2v) is 5.79. The van der Waals surface area contributed by atoms with Crippen LogP contribution in [0.2, 0.25) is 0 Å². The molecule has 1 amide bonds. The molecule has 0 aliphatic carbocycles. The van der Waals surface area contributed by atoms with Crippen molar-refractivity contribution in [3.05, 3.63) is 0 Å². The Morgan fingerprint density at radius 3 is 2.88 bits per heavy atom. The Morgan fingerprint density at radius 2 is 2.31 bits per heavy atom. The number of nitrogens with zero attached hydrogens (tertiary/aromatic N) is 1. The first-order chi connectivity index (χ1) is 7.83. The van der Waals surface area contributed by atoms with Gasteiger partial charge in [-0.05, 0) is 38.5 Å². The van der Waals surface area contributed by atoms with Crippen LogP contribution in [0.5, 0.6) is 0 Å². The van der Waals surface area contributed by atoms with E-state index in [-0.39, 0.29) is 6.04 Å². The topological polar surface area (TPSA) is 32.3 Å². The summed E-state index contributed by atoms with van der Waals surface area (Å²) in [6, 6.07) is 0.588. The van der Waals surface area contributed by atoms with Crippen molar-refractivity contribution in [2.75, 3.05) is 24.6 Å². The number of rotatable bonds is 3. The molecule has 0 radical (unpaired) electrons. The lowest BCUT2D eigenvalue weighted by atomic mass is 10.0. The fraction of sp³-hybridized carbons (Fsp3) is 0.917. The molecule has 0 aromatic carbocycles. The van der Waals surface area contributed by atoms with Gasteiger partial charge >= 0.3 is 0 Å². The molecule has 0 bridgehead atoms. The molecule has 3 nitrogen and oxygen atoms in total. The van der Waals surface area contributed by atoms with Crippen LogP contribution in [0.1, 0.15) is 32.6 Å². The zero-order valence-corrected chi connectivity index (χ0v) is 10.9. The smallest absolute Gasteiger partial charge is 0.239 e. The molecule has 4 heteroatoms. The summed E-state index contributed by atoms with van der Waals surface area (Å²) in [6.07, 6.45) is 4.61. The molecule has 0 saturated carbocycles. The number of carbonyl (C=O) groups is 1. The summed E-state index contributed by atoms with van der Waals surface area (Å²) in [7, 11) is 0. The van der Waals surface area contributed by atoms with Crippen LogP contribution < -0.4 is 5.32 Å². The van der Waals surface area contributed by atoms with Crippen LogP contribution in [0.3, 0.4) is 0 Å². The van der Waals surface area contributed by atoms with Gasteiger partial charge in [-0.25, -0.2) is 0 Å². The van der Waals surface area contributed by atoms with E-state index in [0.717, 1.165) is 25.3 Å². The van der Waals surface area contributed by atoms with Crippen LogP contribution in [-0.2, 0) is 4.79 Å². The Balaban J connectivity index is 1.93. The van der Waals surface area contributed by atoms with Crippen molar-refractivity contribution in [1.82, 2.24) is 10.2 Å². The summed E-state index contributed by atoms with van der Waals surface area (Å²) in [6.45, 7) is 3.97. The highest BCUT2D eigenvalue weighted by molar-refractivity contribution is 7.99. The third-order valence-corrected chi connectivity index (χ3v) is 4.72. The molecule has 2 aliphatic heterocycles. The Bertz CT molecular complexity index is 235. The lowest BCUT2D eigenvalue weighted by molar-refractivity contribution is -0.135. The van der Waals surface area contributed by atoms with Gasteiger partial charge in [0.25, 0.3) is 0 Å². The first-order valence-electron chi connectivity index (χ1n) is 6.44. The number of thioether (sulfide) groups is 1. The van der Waals surface area contributed by atoms with Crippen LogP contribution in [0.25, 0.3) is 0 Å². The van der Waals surface area contributed by atoms with Crippen molar-refractivity contribution in [3.63, 3.8) is 0 Å². The molecule has 0 aromatic rings. The molecular formula is C12H22N2OS. The lowest BCUT2D eigenvalue weighted by Crippen LogP contribution is -2.51. The molecule has 2 aliphatic rings. The average Bonchev–Trinajstić information content (AvgIpc) is 2.85. The Labute approximate surface area is 102 Å². The molecule has 0 aromatic heterocycles. The van der Waals surface area contributed by atoms with E-state index in [1.54, 1.807) is 0 Å². The highest BCUT2D eigenvalue weighted by Gasteiger charge is 2.30. The number of nitrogens with one attached hydrogen (secondary N) is 1. The third-order valence-electron chi connectivity index (χ3n) is 3.58. The van der Waals surface area contributed by atoms with E-state index < -0.39 is 0 Å². The van der Waals surface area contributed by atoms with Crippen LogP contribution >= 0.6 is 11.8 Å². The number of hydrogen-bond donors (Lipinski definition) is 1. The molecule has 0 unspecified atom stereocenters. The number of hydrogen-bond acceptors (Lipinski definition) is 3. The van der Waals surface area contributed by atoms with Gasteiger partial charge in [-0.15, -0.1) is 0 Å². The van der Waals surface area contributed by atoms with E-state index in [1.807, 2.05) is 11.8 Å². The van der Waals surface area contributed by atoms with Gasteiger partial charge in [0.1, 0.15) is 0 Å². The van der Waals surface area contributed by atoms with Crippen molar-refractivity contribution in [1.29, 1.82) is 0 Å². The fourth-order valence-electron chi connectivity index (χ4n) is 2.62. The normalized spacial score (nSPS) is 30.3. The summed E-state index contributed by atoms with van der Waals surface area (Å²) >= 11 is 1.98. The number of carbonyl (C=O) groups excluding carboxylic acids is 1. The molecule has 2 rings (SSSR count). The molecule has 1 N–H and O–H groups in total. The van der Waals surface area contributed by atoms with E-state index in [0.29, 0.717) is 11.9 Å². The van der Waals surface area contributed by atoms with Crippen molar-refractivity contribution < 1.29 is 4.79 Å². The van der Waals surface area contributed by atoms with Gasteiger partial charge in [0.05, 0.1) is 6.04 Å². The summed E-state index contributed by atoms with van der Waals surface area (Å²) in [5.41, 5.74) is 0. The van der Waals surface area contributed by atoms with Gasteiger partial charge in [0.15, 0.2) is 0 Å². The highest BCUT2D eigenvalue weighted by Crippen LogP contribution is 2.23. The molecule has 2 saturated heterocycles. The standard InChI is InChI=1S/C12H22N2OS/c1-2-14(10-6-8-16-9-10)12(15)11-5-3-4-7-13-11/h10-11,13H,2-9H2,1H3/t10-,11-/m1/s1. The monoisotopic (exact) mass is 242 g/mol. The summed E-state index contributed by atoms with van der Waals surface area (Å²) in [5.74, 6) is 2.69. The molecular weight excluding hydrogens is 220 g/mol. The third kappa shape index (κ3) is 2.72. The molecule has 16 heavy (non-hydrogen) atoms. The minimum atomic E-state index is 0.0966. The Kier molecular flexibility index (Phi) is 4.53. The predicted octanol–water partition coefficient (Wildman–Crippen LogP) is 1.48. The van der Waals surface area contributed by atoms with E-state index in [1.165, 1.54) is 25.0 Å². The summed E-state index contributed by atoms with van der Waals surface area (Å²) in [4.78, 5) is 14.5. The van der Waals surface area contributed by atoms with Gasteiger partial charge < -0.3 is 10.2 Å². The summed E-state index contributed by atoms with van der Waals surface area (Å²) in [5, 5.41) is 3.36. The molecule has 2 heterocycles. The van der Waals surface area contributed by atoms with Crippen molar-refractivity contribution in [2.45, 2.75) is 44.7 Å². The maximum absolute atomic E-state index is 12.4. The Morgan fingerprint density at radius 1 is 1.44 bits per heavy atom. The average molecular weight is 242 g/mol. The quantitative estimate of drug-likeness (QED) is 0.813. The first-order valence-corrected chi connectivity index (χ1v) is 7.60. The van der Waals surface area contributed by atoms with Crippen LogP contribution in [-0.4, -0.2) is 47.5 Å². The predicted molar refractivity (Wildman–Crippen MR) is 68.8 cm³/mol. The zero-order chi connectivity index (χ0) is 11.4. The molecule has 2 atom stereocenters. The van der Waals surface area contributed by atoms with Crippen LogP contribution in [0, 0.1) is 0 Å². The van der Waals surface area contributed by atoms with Gasteiger partial charge in [0.2, 0.25) is 5.91 Å². The SMILES string of the molecule is CCN(C(=O)[C@H]1CCCCN1)[C@@H]1CCSC1. The van der Waals surface area contributed by atoms with Crippen LogP contribution in [0.15, 0.2) is 0 Å². The number of amides is 1. The van der Waals surface area contributed by atoms with Crippen molar-refractivity contribution >= 4 is 17.7 Å². The van der Waals surface area contributed by atoms with Gasteiger partial charge in [0, 0.05) is 18.3 Å². The minimum Gasteiger partial charge on any atom is -0.338 e. The van der Waals surface area contributed by atoms with E-state index in [2.05, 4.69) is 17.1 Å². The minimum absolute atomic E-state index is 0.0966. The van der Waals surface area contributed by atoms with Gasteiger partial charge in [-0.2, -0.15) is 11.8 Å². The second kappa shape index (κ2) is 5.92. The van der Waals surface area contributed by atoms with E-state index >= 15 is 0 Å². The molecule has 2 fully saturated rings. The van der Waals surface area contributed by atoms with E-state index in [4.69, 9.17) is 0 Å². The zero-order valence-electron chi connectivity index (χ0n) is 10.1. The first kappa shape index (κ1) is 12.2. The maximum Gasteiger partial charge on any atom is 0.239 e. The highest BCUT2D eigenvalue weighted by atomic mass is 32.2. The summed E-state index contributed by atoms with van der Waals surface area (Å²) < 4.78 is 0. The van der Waals surface area contributed by atoms with Gasteiger partial charge in [-0.1, -0.05) is 6.42 Å². The second-order valence-electron chi connectivity index (χ2n) is 4.64.